The lowest BCUT2D eigenvalue weighted by Crippen LogP contribution is -2.24. The largest absolute Gasteiger partial charge is 0.338 e. The third kappa shape index (κ3) is 3.07. The van der Waals surface area contributed by atoms with Crippen molar-refractivity contribution in [1.29, 1.82) is 0 Å². The minimum atomic E-state index is -0.276. The van der Waals surface area contributed by atoms with Gasteiger partial charge in [-0.05, 0) is 40.3 Å². The first-order chi connectivity index (χ1) is 9.43. The van der Waals surface area contributed by atoms with Crippen LogP contribution in [0.5, 0.6) is 0 Å². The molecule has 1 atom stereocenters. The Balaban J connectivity index is 2.23. The third-order valence-electron chi connectivity index (χ3n) is 3.76. The van der Waals surface area contributed by atoms with E-state index in [1.54, 1.807) is 0 Å². The van der Waals surface area contributed by atoms with E-state index in [0.717, 1.165) is 12.2 Å². The van der Waals surface area contributed by atoms with Crippen molar-refractivity contribution in [2.24, 2.45) is 0 Å². The number of nitrogens with zero attached hydrogens (tertiary/aromatic N) is 2. The van der Waals surface area contributed by atoms with E-state index in [1.807, 2.05) is 7.05 Å². The van der Waals surface area contributed by atoms with Gasteiger partial charge in [-0.2, -0.15) is 4.98 Å². The van der Waals surface area contributed by atoms with E-state index in [-0.39, 0.29) is 5.41 Å². The lowest BCUT2D eigenvalue weighted by Gasteiger charge is -2.20. The van der Waals surface area contributed by atoms with Gasteiger partial charge in [-0.15, -0.1) is 0 Å². The Labute approximate surface area is 120 Å². The number of likely N-dealkylation sites (N-methyl/N-ethyl adjacent to an activating group) is 1. The second-order valence-electron chi connectivity index (χ2n) is 5.90. The normalized spacial score (nSPS) is 13.4. The minimum absolute atomic E-state index is 0.276. The summed E-state index contributed by atoms with van der Waals surface area (Å²) in [4.78, 5) is 4.55. The molecule has 4 nitrogen and oxygen atoms in total. The Hall–Kier alpha value is -1.68. The van der Waals surface area contributed by atoms with Crippen LogP contribution < -0.4 is 5.32 Å². The van der Waals surface area contributed by atoms with Gasteiger partial charge in [0.05, 0.1) is 5.41 Å². The summed E-state index contributed by atoms with van der Waals surface area (Å²) in [5, 5.41) is 7.26. The van der Waals surface area contributed by atoms with Crippen LogP contribution in [0.4, 0.5) is 0 Å². The Bertz CT molecular complexity index is 557. The number of benzene rings is 1. The van der Waals surface area contributed by atoms with Crippen LogP contribution in [-0.2, 0) is 11.8 Å². The summed E-state index contributed by atoms with van der Waals surface area (Å²) in [6.45, 7) is 8.40. The van der Waals surface area contributed by atoms with Crippen LogP contribution in [0.15, 0.2) is 28.8 Å². The molecule has 0 radical (unpaired) electrons. The zero-order chi connectivity index (χ0) is 14.8. The summed E-state index contributed by atoms with van der Waals surface area (Å²) in [6.07, 6.45) is 0.768. The van der Waals surface area contributed by atoms with Gasteiger partial charge < -0.3 is 9.84 Å². The van der Waals surface area contributed by atoms with Crippen LogP contribution in [0.25, 0.3) is 0 Å². The highest BCUT2D eigenvalue weighted by atomic mass is 16.5. The molecule has 0 aliphatic carbocycles. The second-order valence-corrected chi connectivity index (χ2v) is 5.90. The molecule has 1 N–H and O–H groups in total. The van der Waals surface area contributed by atoms with Crippen molar-refractivity contribution in [2.75, 3.05) is 7.05 Å². The van der Waals surface area contributed by atoms with Gasteiger partial charge in [0.2, 0.25) is 5.89 Å². The number of hydrogen-bond donors (Lipinski definition) is 1. The maximum Gasteiger partial charge on any atom is 0.236 e. The zero-order valence-corrected chi connectivity index (χ0v) is 12.9. The number of hydrogen-bond acceptors (Lipinski definition) is 4. The molecule has 0 aliphatic heterocycles. The molecular formula is C16H23N3O. The number of aryl methyl sites for hydroxylation is 1. The number of nitrogens with one attached hydrogen (secondary N) is 1. The maximum atomic E-state index is 5.47. The van der Waals surface area contributed by atoms with Gasteiger partial charge >= 0.3 is 0 Å². The smallest absolute Gasteiger partial charge is 0.236 e. The molecule has 0 saturated carbocycles. The molecule has 4 heteroatoms. The second kappa shape index (κ2) is 5.75. The van der Waals surface area contributed by atoms with E-state index in [1.165, 1.54) is 11.1 Å². The van der Waals surface area contributed by atoms with Crippen molar-refractivity contribution < 1.29 is 4.52 Å². The Morgan fingerprint density at radius 1 is 1.25 bits per heavy atom. The standard InChI is InChI=1S/C16H23N3O/c1-11-6-8-13(9-7-11)16(3,4)15-18-14(19-20-15)10-12(2)17-5/h6-9,12,17H,10H2,1-5H3. The van der Waals surface area contributed by atoms with Gasteiger partial charge in [0.25, 0.3) is 0 Å². The molecule has 0 spiro atoms. The molecule has 0 saturated heterocycles. The van der Waals surface area contributed by atoms with Crippen LogP contribution >= 0.6 is 0 Å². The fourth-order valence-electron chi connectivity index (χ4n) is 2.06. The van der Waals surface area contributed by atoms with Crippen LogP contribution in [0.1, 0.15) is 43.6 Å². The van der Waals surface area contributed by atoms with Crippen LogP contribution in [0, 0.1) is 6.92 Å². The highest BCUT2D eigenvalue weighted by molar-refractivity contribution is 5.32. The van der Waals surface area contributed by atoms with Gasteiger partial charge in [-0.25, -0.2) is 0 Å². The molecule has 108 valence electrons. The minimum Gasteiger partial charge on any atom is -0.338 e. The van der Waals surface area contributed by atoms with Crippen molar-refractivity contribution in [2.45, 2.75) is 45.6 Å². The highest BCUT2D eigenvalue weighted by Crippen LogP contribution is 2.30. The van der Waals surface area contributed by atoms with Crippen LogP contribution in [-0.4, -0.2) is 23.2 Å². The molecule has 2 aromatic rings. The molecule has 0 amide bonds. The summed E-state index contributed by atoms with van der Waals surface area (Å²) in [5.41, 5.74) is 2.15. The Morgan fingerprint density at radius 3 is 2.50 bits per heavy atom. The first-order valence-corrected chi connectivity index (χ1v) is 7.01. The van der Waals surface area contributed by atoms with Gasteiger partial charge in [0, 0.05) is 12.5 Å². The predicted molar refractivity (Wildman–Crippen MR) is 79.8 cm³/mol. The molecule has 2 rings (SSSR count). The monoisotopic (exact) mass is 273 g/mol. The van der Waals surface area contributed by atoms with E-state index < -0.39 is 0 Å². The number of aromatic nitrogens is 2. The Morgan fingerprint density at radius 2 is 1.90 bits per heavy atom. The quantitative estimate of drug-likeness (QED) is 0.910. The van der Waals surface area contributed by atoms with Gasteiger partial charge in [0.15, 0.2) is 5.82 Å². The van der Waals surface area contributed by atoms with Crippen molar-refractivity contribution in [3.63, 3.8) is 0 Å². The average molecular weight is 273 g/mol. The lowest BCUT2D eigenvalue weighted by atomic mass is 9.84. The van der Waals surface area contributed by atoms with Crippen LogP contribution in [0.2, 0.25) is 0 Å². The van der Waals surface area contributed by atoms with Crippen molar-refractivity contribution in [1.82, 2.24) is 15.5 Å². The summed E-state index contributed by atoms with van der Waals surface area (Å²) in [6, 6.07) is 8.79. The summed E-state index contributed by atoms with van der Waals surface area (Å²) >= 11 is 0. The molecule has 1 aromatic heterocycles. The van der Waals surface area contributed by atoms with Gasteiger partial charge in [0.1, 0.15) is 0 Å². The van der Waals surface area contributed by atoms with E-state index >= 15 is 0 Å². The number of rotatable bonds is 5. The zero-order valence-electron chi connectivity index (χ0n) is 12.9. The summed E-state index contributed by atoms with van der Waals surface area (Å²) < 4.78 is 5.47. The van der Waals surface area contributed by atoms with E-state index in [2.05, 4.69) is 67.4 Å². The maximum absolute atomic E-state index is 5.47. The van der Waals surface area contributed by atoms with Gasteiger partial charge in [-0.3, -0.25) is 0 Å². The lowest BCUT2D eigenvalue weighted by molar-refractivity contribution is 0.329. The van der Waals surface area contributed by atoms with E-state index in [0.29, 0.717) is 11.9 Å². The first kappa shape index (κ1) is 14.7. The fourth-order valence-corrected chi connectivity index (χ4v) is 2.06. The van der Waals surface area contributed by atoms with Gasteiger partial charge in [-0.1, -0.05) is 35.0 Å². The molecule has 0 aliphatic rings. The molecule has 1 unspecified atom stereocenters. The first-order valence-electron chi connectivity index (χ1n) is 7.01. The molecule has 1 aromatic carbocycles. The molecule has 0 fully saturated rings. The van der Waals surface area contributed by atoms with Crippen molar-refractivity contribution in [3.8, 4) is 0 Å². The fraction of sp³-hybridized carbons (Fsp3) is 0.500. The van der Waals surface area contributed by atoms with Crippen molar-refractivity contribution in [3.05, 3.63) is 47.1 Å². The van der Waals surface area contributed by atoms with Crippen molar-refractivity contribution >= 4 is 0 Å². The topological polar surface area (TPSA) is 51.0 Å². The SMILES string of the molecule is CNC(C)Cc1noc(C(C)(C)c2ccc(C)cc2)n1. The summed E-state index contributed by atoms with van der Waals surface area (Å²) in [5.74, 6) is 1.42. The van der Waals surface area contributed by atoms with E-state index in [4.69, 9.17) is 4.52 Å². The third-order valence-corrected chi connectivity index (χ3v) is 3.76. The predicted octanol–water partition coefficient (Wildman–Crippen LogP) is 2.85. The average Bonchev–Trinajstić information content (AvgIpc) is 2.88. The molecule has 1 heterocycles. The van der Waals surface area contributed by atoms with E-state index in [9.17, 15) is 0 Å². The Kier molecular flexibility index (Phi) is 4.23. The molecule has 20 heavy (non-hydrogen) atoms. The summed E-state index contributed by atoms with van der Waals surface area (Å²) in [7, 11) is 1.93. The molecule has 0 bridgehead atoms. The molecular weight excluding hydrogens is 250 g/mol. The van der Waals surface area contributed by atoms with Crippen LogP contribution in [0.3, 0.4) is 0 Å². The highest BCUT2D eigenvalue weighted by Gasteiger charge is 2.29.